The monoisotopic (exact) mass is 489 g/mol. The lowest BCUT2D eigenvalue weighted by molar-refractivity contribution is 0.0300. The van der Waals surface area contributed by atoms with Gasteiger partial charge < -0.3 is 24.5 Å². The maximum absolute atomic E-state index is 10.0. The Kier molecular flexibility index (Phi) is 10.7. The van der Waals surface area contributed by atoms with Gasteiger partial charge in [-0.05, 0) is 25.0 Å². The SMILES string of the molecule is CCNC(=NCC(O)COCC(C)C)N(C)Cc1cc2ccccc2o1.I. The van der Waals surface area contributed by atoms with Crippen molar-refractivity contribution in [2.75, 3.05) is 33.4 Å². The molecular formula is C20H32IN3O3. The summed E-state index contributed by atoms with van der Waals surface area (Å²) in [6.07, 6.45) is -0.609. The number of aliphatic hydroxyl groups excluding tert-OH is 1. The minimum absolute atomic E-state index is 0. The molecule has 27 heavy (non-hydrogen) atoms. The zero-order valence-electron chi connectivity index (χ0n) is 16.6. The van der Waals surface area contributed by atoms with Crippen LogP contribution in [0.15, 0.2) is 39.7 Å². The lowest BCUT2D eigenvalue weighted by atomic mass is 10.2. The molecule has 1 heterocycles. The van der Waals surface area contributed by atoms with E-state index in [-0.39, 0.29) is 24.0 Å². The molecule has 7 heteroatoms. The molecule has 0 aliphatic heterocycles. The fraction of sp³-hybridized carbons (Fsp3) is 0.550. The van der Waals surface area contributed by atoms with E-state index in [9.17, 15) is 5.11 Å². The van der Waals surface area contributed by atoms with Gasteiger partial charge in [0.15, 0.2) is 5.96 Å². The molecule has 0 spiro atoms. The molecule has 1 atom stereocenters. The molecule has 0 fully saturated rings. The van der Waals surface area contributed by atoms with Crippen LogP contribution in [0.2, 0.25) is 0 Å². The van der Waals surface area contributed by atoms with Crippen molar-refractivity contribution in [3.63, 3.8) is 0 Å². The second-order valence-corrected chi connectivity index (χ2v) is 6.89. The standard InChI is InChI=1S/C20H31N3O3.HI/c1-5-21-20(22-11-17(24)14-25-13-15(2)3)23(4)12-18-10-16-8-6-7-9-19(16)26-18;/h6-10,15,17,24H,5,11-14H2,1-4H3,(H,21,22);1H. The summed E-state index contributed by atoms with van der Waals surface area (Å²) < 4.78 is 11.3. The number of ether oxygens (including phenoxy) is 1. The molecule has 2 N–H and O–H groups in total. The lowest BCUT2D eigenvalue weighted by Crippen LogP contribution is -2.39. The molecule has 0 saturated carbocycles. The predicted octanol–water partition coefficient (Wildman–Crippen LogP) is 3.48. The van der Waals surface area contributed by atoms with Gasteiger partial charge in [0.25, 0.3) is 0 Å². The van der Waals surface area contributed by atoms with Gasteiger partial charge in [0, 0.05) is 25.6 Å². The highest BCUT2D eigenvalue weighted by molar-refractivity contribution is 14.0. The number of furan rings is 1. The van der Waals surface area contributed by atoms with Gasteiger partial charge >= 0.3 is 0 Å². The van der Waals surface area contributed by atoms with Gasteiger partial charge in [-0.2, -0.15) is 0 Å². The van der Waals surface area contributed by atoms with Crippen LogP contribution in [0.4, 0.5) is 0 Å². The molecule has 1 unspecified atom stereocenters. The first-order valence-corrected chi connectivity index (χ1v) is 9.22. The molecular weight excluding hydrogens is 457 g/mol. The molecule has 2 aromatic rings. The van der Waals surface area contributed by atoms with E-state index in [1.165, 1.54) is 0 Å². The van der Waals surface area contributed by atoms with E-state index in [2.05, 4.69) is 24.2 Å². The molecule has 1 aromatic carbocycles. The number of halogens is 1. The molecule has 2 rings (SSSR count). The Morgan fingerprint density at radius 1 is 1.30 bits per heavy atom. The summed E-state index contributed by atoms with van der Waals surface area (Å²) in [4.78, 5) is 6.51. The molecule has 0 aliphatic carbocycles. The number of hydrogen-bond acceptors (Lipinski definition) is 4. The van der Waals surface area contributed by atoms with Crippen LogP contribution in [0.3, 0.4) is 0 Å². The first-order valence-electron chi connectivity index (χ1n) is 9.22. The van der Waals surface area contributed by atoms with Crippen LogP contribution in [0.5, 0.6) is 0 Å². The topological polar surface area (TPSA) is 70.2 Å². The highest BCUT2D eigenvalue weighted by atomic mass is 127. The lowest BCUT2D eigenvalue weighted by Gasteiger charge is -2.21. The van der Waals surface area contributed by atoms with E-state index in [0.29, 0.717) is 32.2 Å². The van der Waals surface area contributed by atoms with Gasteiger partial charge in [0.05, 0.1) is 25.8 Å². The normalized spacial score (nSPS) is 12.9. The van der Waals surface area contributed by atoms with E-state index < -0.39 is 6.10 Å². The summed E-state index contributed by atoms with van der Waals surface area (Å²) in [6, 6.07) is 10.0. The van der Waals surface area contributed by atoms with Gasteiger partial charge in [0.1, 0.15) is 11.3 Å². The average molecular weight is 489 g/mol. The maximum atomic E-state index is 10.0. The van der Waals surface area contributed by atoms with Crippen molar-refractivity contribution >= 4 is 40.9 Å². The quantitative estimate of drug-likeness (QED) is 0.321. The average Bonchev–Trinajstić information content (AvgIpc) is 3.00. The smallest absolute Gasteiger partial charge is 0.194 e. The van der Waals surface area contributed by atoms with Crippen molar-refractivity contribution in [2.45, 2.75) is 33.4 Å². The van der Waals surface area contributed by atoms with E-state index >= 15 is 0 Å². The molecule has 6 nitrogen and oxygen atoms in total. The van der Waals surface area contributed by atoms with Crippen LogP contribution >= 0.6 is 24.0 Å². The third-order valence-corrected chi connectivity index (χ3v) is 3.78. The van der Waals surface area contributed by atoms with Crippen molar-refractivity contribution in [1.29, 1.82) is 0 Å². The van der Waals surface area contributed by atoms with Crippen LogP contribution in [0.1, 0.15) is 26.5 Å². The van der Waals surface area contributed by atoms with Crippen molar-refractivity contribution < 1.29 is 14.3 Å². The zero-order valence-corrected chi connectivity index (χ0v) is 19.0. The van der Waals surface area contributed by atoms with Gasteiger partial charge in [-0.1, -0.05) is 32.0 Å². The second kappa shape index (κ2) is 12.2. The largest absolute Gasteiger partial charge is 0.459 e. The van der Waals surface area contributed by atoms with Crippen molar-refractivity contribution in [2.24, 2.45) is 10.9 Å². The number of rotatable bonds is 9. The summed E-state index contributed by atoms with van der Waals surface area (Å²) in [5, 5.41) is 14.4. The third-order valence-electron chi connectivity index (χ3n) is 3.78. The fourth-order valence-corrected chi connectivity index (χ4v) is 2.58. The first-order chi connectivity index (χ1) is 12.5. The predicted molar refractivity (Wildman–Crippen MR) is 121 cm³/mol. The van der Waals surface area contributed by atoms with E-state index in [4.69, 9.17) is 9.15 Å². The molecule has 152 valence electrons. The van der Waals surface area contributed by atoms with Crippen LogP contribution in [-0.2, 0) is 11.3 Å². The number of benzene rings is 1. The Hall–Kier alpha value is -1.32. The first kappa shape index (κ1) is 23.7. The van der Waals surface area contributed by atoms with Crippen LogP contribution in [-0.4, -0.2) is 55.4 Å². The van der Waals surface area contributed by atoms with Gasteiger partial charge in [-0.15, -0.1) is 24.0 Å². The minimum atomic E-state index is -0.609. The van der Waals surface area contributed by atoms with Crippen LogP contribution in [0, 0.1) is 5.92 Å². The Balaban J connectivity index is 0.00000364. The van der Waals surface area contributed by atoms with Crippen LogP contribution < -0.4 is 5.32 Å². The van der Waals surface area contributed by atoms with Crippen molar-refractivity contribution in [1.82, 2.24) is 10.2 Å². The summed E-state index contributed by atoms with van der Waals surface area (Å²) in [5.74, 6) is 2.06. The Morgan fingerprint density at radius 2 is 2.04 bits per heavy atom. The Morgan fingerprint density at radius 3 is 2.70 bits per heavy atom. The summed E-state index contributed by atoms with van der Waals surface area (Å²) in [5.41, 5.74) is 0.885. The zero-order chi connectivity index (χ0) is 18.9. The maximum Gasteiger partial charge on any atom is 0.194 e. The number of aliphatic imine (C=N–C) groups is 1. The minimum Gasteiger partial charge on any atom is -0.459 e. The number of para-hydroxylation sites is 1. The van der Waals surface area contributed by atoms with E-state index in [1.54, 1.807) is 0 Å². The second-order valence-electron chi connectivity index (χ2n) is 6.89. The van der Waals surface area contributed by atoms with Gasteiger partial charge in [-0.25, -0.2) is 0 Å². The molecule has 1 aromatic heterocycles. The number of nitrogens with one attached hydrogen (secondary N) is 1. The Labute approximate surface area is 179 Å². The van der Waals surface area contributed by atoms with Crippen molar-refractivity contribution in [3.8, 4) is 0 Å². The number of nitrogens with zero attached hydrogens (tertiary/aromatic N) is 2. The van der Waals surface area contributed by atoms with Crippen molar-refractivity contribution in [3.05, 3.63) is 36.1 Å². The Bertz CT molecular complexity index is 670. The highest BCUT2D eigenvalue weighted by Gasteiger charge is 2.12. The third kappa shape index (κ3) is 8.06. The summed E-state index contributed by atoms with van der Waals surface area (Å²) >= 11 is 0. The molecule has 0 bridgehead atoms. The molecule has 0 amide bonds. The van der Waals surface area contributed by atoms with E-state index in [0.717, 1.165) is 29.2 Å². The molecule has 0 radical (unpaired) electrons. The number of aliphatic hydroxyl groups is 1. The highest BCUT2D eigenvalue weighted by Crippen LogP contribution is 2.19. The summed E-state index contributed by atoms with van der Waals surface area (Å²) in [6.45, 7) is 8.78. The fourth-order valence-electron chi connectivity index (χ4n) is 2.58. The number of fused-ring (bicyclic) bond motifs is 1. The number of hydrogen-bond donors (Lipinski definition) is 2. The van der Waals surface area contributed by atoms with Gasteiger partial charge in [0.2, 0.25) is 0 Å². The van der Waals surface area contributed by atoms with E-state index in [1.807, 2.05) is 49.2 Å². The molecule has 0 aliphatic rings. The number of guanidine groups is 1. The van der Waals surface area contributed by atoms with Gasteiger partial charge in [-0.3, -0.25) is 4.99 Å². The summed E-state index contributed by atoms with van der Waals surface area (Å²) in [7, 11) is 1.95. The van der Waals surface area contributed by atoms with Crippen LogP contribution in [0.25, 0.3) is 11.0 Å². The molecule has 0 saturated heterocycles.